The van der Waals surface area contributed by atoms with Gasteiger partial charge in [-0.25, -0.2) is 0 Å². The minimum Gasteiger partial charge on any atom is -0.313 e. The highest BCUT2D eigenvalue weighted by Gasteiger charge is 2.38. The van der Waals surface area contributed by atoms with E-state index in [1.807, 2.05) is 0 Å². The van der Waals surface area contributed by atoms with Crippen LogP contribution in [0.3, 0.4) is 0 Å². The van der Waals surface area contributed by atoms with Crippen LogP contribution in [0.25, 0.3) is 0 Å². The van der Waals surface area contributed by atoms with E-state index in [0.717, 1.165) is 41.4 Å². The smallest absolute Gasteiger partial charge is 0.0121 e. The van der Waals surface area contributed by atoms with Crippen LogP contribution in [-0.2, 0) is 0 Å². The first kappa shape index (κ1) is 17.0. The standard InChI is InChI=1S/C18H37N/c1-11(2)15-9-16(12(3)4)18(14(7)8)19-10-17(15)13(5)6/h11-19H,9-10H2,1-8H3. The Labute approximate surface area is 121 Å². The number of nitrogens with one attached hydrogen (secondary N) is 1. The lowest BCUT2D eigenvalue weighted by Crippen LogP contribution is -2.42. The second kappa shape index (κ2) is 7.11. The van der Waals surface area contributed by atoms with Crippen LogP contribution in [0.5, 0.6) is 0 Å². The van der Waals surface area contributed by atoms with Crippen LogP contribution in [0.2, 0.25) is 0 Å². The largest absolute Gasteiger partial charge is 0.313 e. The molecule has 1 saturated heterocycles. The number of hydrogen-bond donors (Lipinski definition) is 1. The summed E-state index contributed by atoms with van der Waals surface area (Å²) in [6, 6.07) is 0.699. The molecule has 1 rings (SSSR count). The average Bonchev–Trinajstić information content (AvgIpc) is 2.47. The van der Waals surface area contributed by atoms with Crippen molar-refractivity contribution in [3.63, 3.8) is 0 Å². The Morgan fingerprint density at radius 1 is 0.632 bits per heavy atom. The van der Waals surface area contributed by atoms with E-state index >= 15 is 0 Å². The SMILES string of the molecule is CC(C)C1CNC(C(C)C)C(C(C)C)CC1C(C)C. The first-order chi connectivity index (χ1) is 8.75. The normalized spacial score (nSPS) is 33.5. The van der Waals surface area contributed by atoms with Crippen LogP contribution in [0.15, 0.2) is 0 Å². The van der Waals surface area contributed by atoms with Gasteiger partial charge in [-0.05, 0) is 54.4 Å². The van der Waals surface area contributed by atoms with Gasteiger partial charge in [-0.1, -0.05) is 55.4 Å². The molecule has 0 aromatic heterocycles. The molecule has 4 unspecified atom stereocenters. The molecule has 0 aromatic carbocycles. The molecule has 0 aromatic rings. The van der Waals surface area contributed by atoms with Gasteiger partial charge < -0.3 is 5.32 Å². The molecule has 1 aliphatic heterocycles. The van der Waals surface area contributed by atoms with Gasteiger partial charge in [-0.15, -0.1) is 0 Å². The van der Waals surface area contributed by atoms with E-state index in [2.05, 4.69) is 60.7 Å². The molecule has 19 heavy (non-hydrogen) atoms. The second-order valence-electron chi connectivity index (χ2n) is 8.14. The Balaban J connectivity index is 2.98. The van der Waals surface area contributed by atoms with Gasteiger partial charge in [0.2, 0.25) is 0 Å². The number of rotatable bonds is 4. The van der Waals surface area contributed by atoms with Crippen LogP contribution in [0.4, 0.5) is 0 Å². The fourth-order valence-corrected chi connectivity index (χ4v) is 4.12. The molecule has 0 saturated carbocycles. The van der Waals surface area contributed by atoms with Gasteiger partial charge >= 0.3 is 0 Å². The number of hydrogen-bond acceptors (Lipinski definition) is 1. The molecule has 1 heterocycles. The summed E-state index contributed by atoms with van der Waals surface area (Å²) < 4.78 is 0. The minimum atomic E-state index is 0.699. The molecule has 1 fully saturated rings. The molecule has 0 aliphatic carbocycles. The van der Waals surface area contributed by atoms with Crippen molar-refractivity contribution in [3.8, 4) is 0 Å². The first-order valence-corrected chi connectivity index (χ1v) is 8.49. The highest BCUT2D eigenvalue weighted by Crippen LogP contribution is 2.39. The maximum absolute atomic E-state index is 3.93. The summed E-state index contributed by atoms with van der Waals surface area (Å²) in [5.41, 5.74) is 0. The van der Waals surface area contributed by atoms with Gasteiger partial charge in [-0.2, -0.15) is 0 Å². The molecule has 0 bridgehead atoms. The molecule has 114 valence electrons. The topological polar surface area (TPSA) is 12.0 Å². The zero-order valence-electron chi connectivity index (χ0n) is 14.5. The zero-order chi connectivity index (χ0) is 14.7. The fraction of sp³-hybridized carbons (Fsp3) is 1.00. The molecular weight excluding hydrogens is 230 g/mol. The van der Waals surface area contributed by atoms with Gasteiger partial charge in [0.1, 0.15) is 0 Å². The Bertz CT molecular complexity index is 228. The minimum absolute atomic E-state index is 0.699. The molecule has 1 aliphatic rings. The Hall–Kier alpha value is -0.0400. The van der Waals surface area contributed by atoms with E-state index in [9.17, 15) is 0 Å². The van der Waals surface area contributed by atoms with Crippen molar-refractivity contribution in [1.29, 1.82) is 0 Å². The maximum Gasteiger partial charge on any atom is 0.0121 e. The van der Waals surface area contributed by atoms with Crippen LogP contribution in [-0.4, -0.2) is 12.6 Å². The highest BCUT2D eigenvalue weighted by molar-refractivity contribution is 4.91. The summed E-state index contributed by atoms with van der Waals surface area (Å²) >= 11 is 0. The monoisotopic (exact) mass is 267 g/mol. The zero-order valence-corrected chi connectivity index (χ0v) is 14.5. The van der Waals surface area contributed by atoms with Crippen molar-refractivity contribution in [2.45, 2.75) is 67.9 Å². The van der Waals surface area contributed by atoms with E-state index in [-0.39, 0.29) is 0 Å². The average molecular weight is 268 g/mol. The lowest BCUT2D eigenvalue weighted by atomic mass is 9.70. The summed E-state index contributed by atoms with van der Waals surface area (Å²) in [7, 11) is 0. The predicted molar refractivity (Wildman–Crippen MR) is 86.2 cm³/mol. The summed E-state index contributed by atoms with van der Waals surface area (Å²) in [6.45, 7) is 20.5. The molecule has 0 spiro atoms. The van der Waals surface area contributed by atoms with Gasteiger partial charge in [0.15, 0.2) is 0 Å². The van der Waals surface area contributed by atoms with Crippen molar-refractivity contribution in [2.24, 2.45) is 41.4 Å². The van der Waals surface area contributed by atoms with Crippen LogP contribution in [0, 0.1) is 41.4 Å². The molecular formula is C18H37N. The van der Waals surface area contributed by atoms with Crippen molar-refractivity contribution >= 4 is 0 Å². The summed E-state index contributed by atoms with van der Waals surface area (Å²) in [4.78, 5) is 0. The Kier molecular flexibility index (Phi) is 6.36. The third-order valence-electron chi connectivity index (χ3n) is 5.43. The molecule has 0 amide bonds. The fourth-order valence-electron chi connectivity index (χ4n) is 4.12. The molecule has 1 heteroatoms. The van der Waals surface area contributed by atoms with E-state index in [0.29, 0.717) is 6.04 Å². The van der Waals surface area contributed by atoms with E-state index in [1.54, 1.807) is 0 Å². The first-order valence-electron chi connectivity index (χ1n) is 8.49. The molecule has 4 atom stereocenters. The quantitative estimate of drug-likeness (QED) is 0.770. The van der Waals surface area contributed by atoms with Crippen LogP contribution >= 0.6 is 0 Å². The van der Waals surface area contributed by atoms with E-state index in [4.69, 9.17) is 0 Å². The van der Waals surface area contributed by atoms with Crippen molar-refractivity contribution in [1.82, 2.24) is 5.32 Å². The summed E-state index contributed by atoms with van der Waals surface area (Å²) in [5, 5.41) is 3.93. The second-order valence-corrected chi connectivity index (χ2v) is 8.14. The molecule has 1 nitrogen and oxygen atoms in total. The Morgan fingerprint density at radius 3 is 1.47 bits per heavy atom. The van der Waals surface area contributed by atoms with Crippen molar-refractivity contribution in [2.75, 3.05) is 6.54 Å². The maximum atomic E-state index is 3.93. The lowest BCUT2D eigenvalue weighted by Gasteiger charge is -2.35. The third-order valence-corrected chi connectivity index (χ3v) is 5.43. The van der Waals surface area contributed by atoms with E-state index < -0.39 is 0 Å². The Morgan fingerprint density at radius 2 is 1.11 bits per heavy atom. The molecule has 1 N–H and O–H groups in total. The van der Waals surface area contributed by atoms with Crippen LogP contribution < -0.4 is 5.32 Å². The lowest BCUT2D eigenvalue weighted by molar-refractivity contribution is 0.159. The summed E-state index contributed by atoms with van der Waals surface area (Å²) in [6.07, 6.45) is 1.41. The van der Waals surface area contributed by atoms with Crippen LogP contribution in [0.1, 0.15) is 61.8 Å². The van der Waals surface area contributed by atoms with Gasteiger partial charge in [0, 0.05) is 6.04 Å². The van der Waals surface area contributed by atoms with E-state index in [1.165, 1.54) is 13.0 Å². The van der Waals surface area contributed by atoms with Gasteiger partial charge in [-0.3, -0.25) is 0 Å². The van der Waals surface area contributed by atoms with Crippen molar-refractivity contribution < 1.29 is 0 Å². The molecule has 0 radical (unpaired) electrons. The predicted octanol–water partition coefficient (Wildman–Crippen LogP) is 4.82. The van der Waals surface area contributed by atoms with Gasteiger partial charge in [0.25, 0.3) is 0 Å². The van der Waals surface area contributed by atoms with Gasteiger partial charge in [0.05, 0.1) is 0 Å². The highest BCUT2D eigenvalue weighted by atomic mass is 14.9. The van der Waals surface area contributed by atoms with Crippen molar-refractivity contribution in [3.05, 3.63) is 0 Å². The summed E-state index contributed by atoms with van der Waals surface area (Å²) in [5.74, 6) is 5.67. The third kappa shape index (κ3) is 4.21.